The molecule has 3 aromatic rings. The summed E-state index contributed by atoms with van der Waals surface area (Å²) in [4.78, 5) is 59.2. The number of nitrogens with zero attached hydrogens (tertiary/aromatic N) is 2. The first-order valence-electron chi connectivity index (χ1n) is 15.3. The molecule has 8 rings (SSSR count). The summed E-state index contributed by atoms with van der Waals surface area (Å²) in [5.41, 5.74) is 1.49. The molecule has 6 unspecified atom stereocenters. The molecule has 47 heavy (non-hydrogen) atoms. The van der Waals surface area contributed by atoms with E-state index in [0.29, 0.717) is 34.0 Å². The van der Waals surface area contributed by atoms with Crippen LogP contribution in [0.4, 0.5) is 15.8 Å². The SMILES string of the molecule is CC12C(=O)N(c3ccc(F)c(Cl)c3)C(=O)C1CC1C(=CCC3C(=O)N(c4ccc(Cl)cc4)C(=O)C31)C2C1=COc2ccc(O)cc2C1. The van der Waals surface area contributed by atoms with Crippen LogP contribution >= 0.6 is 23.2 Å². The minimum absolute atomic E-state index is 0.0581. The second-order valence-electron chi connectivity index (χ2n) is 13.0. The van der Waals surface area contributed by atoms with Crippen LogP contribution in [0.1, 0.15) is 25.3 Å². The van der Waals surface area contributed by atoms with Crippen molar-refractivity contribution in [2.75, 3.05) is 9.80 Å². The Bertz CT molecular complexity index is 1990. The van der Waals surface area contributed by atoms with Gasteiger partial charge in [-0.2, -0.15) is 0 Å². The molecule has 0 spiro atoms. The number of carbonyl (C=O) groups is 4. The van der Waals surface area contributed by atoms with Crippen LogP contribution < -0.4 is 14.5 Å². The van der Waals surface area contributed by atoms with E-state index < -0.39 is 52.6 Å². The Morgan fingerprint density at radius 1 is 0.894 bits per heavy atom. The van der Waals surface area contributed by atoms with Gasteiger partial charge in [0.1, 0.15) is 17.3 Å². The highest BCUT2D eigenvalue weighted by Crippen LogP contribution is 2.63. The average Bonchev–Trinajstić information content (AvgIpc) is 3.42. The summed E-state index contributed by atoms with van der Waals surface area (Å²) < 4.78 is 20.2. The number of rotatable bonds is 3. The molecule has 6 atom stereocenters. The molecule has 3 heterocycles. The van der Waals surface area contributed by atoms with Crippen LogP contribution in [0.2, 0.25) is 10.0 Å². The fourth-order valence-corrected chi connectivity index (χ4v) is 8.86. The summed E-state index contributed by atoms with van der Waals surface area (Å²) in [5.74, 6) is -5.14. The number of ether oxygens (including phenoxy) is 1. The molecule has 1 N–H and O–H groups in total. The molecule has 4 amide bonds. The first-order valence-corrected chi connectivity index (χ1v) is 16.1. The quantitative estimate of drug-likeness (QED) is 0.248. The lowest BCUT2D eigenvalue weighted by Crippen LogP contribution is -2.51. The third-order valence-corrected chi connectivity index (χ3v) is 11.2. The van der Waals surface area contributed by atoms with E-state index >= 15 is 0 Å². The smallest absolute Gasteiger partial charge is 0.241 e. The molecule has 1 saturated carbocycles. The highest BCUT2D eigenvalue weighted by atomic mass is 35.5. The predicted molar refractivity (Wildman–Crippen MR) is 171 cm³/mol. The van der Waals surface area contributed by atoms with Gasteiger partial charge in [0, 0.05) is 22.9 Å². The topological polar surface area (TPSA) is 104 Å². The van der Waals surface area contributed by atoms with Crippen LogP contribution in [-0.2, 0) is 25.6 Å². The average molecular weight is 674 g/mol. The standard InChI is InChI=1S/C36H27Cl2FN2O6/c1-36-26(33(44)41(35(36)46)21-6-10-28(39)27(38)14-21)15-25-23(31(36)18-12-17-13-22(42)7-11-29(17)47-16-18)8-9-24-30(25)34(45)40(32(24)43)20-4-2-19(37)3-5-20/h2-8,10-11,13-14,16,24-26,30-31,42H,9,12,15H2,1H3. The van der Waals surface area contributed by atoms with Crippen molar-refractivity contribution in [2.24, 2.45) is 35.0 Å². The van der Waals surface area contributed by atoms with Crippen LogP contribution in [0.25, 0.3) is 0 Å². The van der Waals surface area contributed by atoms with Gasteiger partial charge in [0.15, 0.2) is 0 Å². The third kappa shape index (κ3) is 4.25. The highest BCUT2D eigenvalue weighted by molar-refractivity contribution is 6.32. The number of imide groups is 2. The Morgan fingerprint density at radius 3 is 2.38 bits per heavy atom. The highest BCUT2D eigenvalue weighted by Gasteiger charge is 2.68. The van der Waals surface area contributed by atoms with Gasteiger partial charge in [-0.25, -0.2) is 9.29 Å². The summed E-state index contributed by atoms with van der Waals surface area (Å²) in [6.45, 7) is 1.76. The number of aromatic hydroxyl groups is 1. The van der Waals surface area contributed by atoms with E-state index in [1.807, 2.05) is 6.08 Å². The van der Waals surface area contributed by atoms with Gasteiger partial charge in [0.25, 0.3) is 0 Å². The van der Waals surface area contributed by atoms with E-state index in [2.05, 4.69) is 0 Å². The second-order valence-corrected chi connectivity index (χ2v) is 13.9. The Labute approximate surface area is 279 Å². The molecule has 0 aromatic heterocycles. The van der Waals surface area contributed by atoms with Crippen molar-refractivity contribution in [2.45, 2.75) is 26.2 Å². The number of allylic oxidation sites excluding steroid dienone is 3. The van der Waals surface area contributed by atoms with E-state index in [1.54, 1.807) is 49.6 Å². The van der Waals surface area contributed by atoms with E-state index in [0.717, 1.165) is 16.5 Å². The maximum atomic E-state index is 14.6. The van der Waals surface area contributed by atoms with Crippen molar-refractivity contribution >= 4 is 58.2 Å². The maximum Gasteiger partial charge on any atom is 0.241 e. The number of carbonyl (C=O) groups excluding carboxylic acids is 4. The molecule has 5 aliphatic rings. The van der Waals surface area contributed by atoms with E-state index in [-0.39, 0.29) is 41.1 Å². The number of benzene rings is 3. The van der Waals surface area contributed by atoms with Gasteiger partial charge in [-0.1, -0.05) is 34.9 Å². The molecule has 2 saturated heterocycles. The summed E-state index contributed by atoms with van der Waals surface area (Å²) in [5, 5.41) is 10.5. The lowest BCUT2D eigenvalue weighted by atomic mass is 9.51. The zero-order valence-corrected chi connectivity index (χ0v) is 26.5. The number of fused-ring (bicyclic) bond motifs is 5. The van der Waals surface area contributed by atoms with Crippen LogP contribution in [-0.4, -0.2) is 28.7 Å². The minimum Gasteiger partial charge on any atom is -0.508 e. The normalized spacial score (nSPS) is 29.5. The van der Waals surface area contributed by atoms with Crippen molar-refractivity contribution < 1.29 is 33.4 Å². The summed E-state index contributed by atoms with van der Waals surface area (Å²) in [6.07, 6.45) is 4.33. The van der Waals surface area contributed by atoms with E-state index in [1.165, 1.54) is 23.1 Å². The molecular formula is C36H27Cl2FN2O6. The molecule has 0 radical (unpaired) electrons. The number of hydrogen-bond acceptors (Lipinski definition) is 6. The largest absolute Gasteiger partial charge is 0.508 e. The van der Waals surface area contributed by atoms with Gasteiger partial charge in [-0.05, 0) is 91.9 Å². The maximum absolute atomic E-state index is 14.6. The zero-order valence-electron chi connectivity index (χ0n) is 25.0. The fraction of sp³-hybridized carbons (Fsp3) is 0.278. The van der Waals surface area contributed by atoms with Gasteiger partial charge < -0.3 is 9.84 Å². The molecule has 3 aliphatic heterocycles. The molecule has 0 bridgehead atoms. The molecule has 11 heteroatoms. The van der Waals surface area contributed by atoms with Crippen LogP contribution in [0, 0.1) is 40.8 Å². The van der Waals surface area contributed by atoms with Gasteiger partial charge in [0.05, 0.1) is 45.8 Å². The number of halogens is 3. The van der Waals surface area contributed by atoms with Crippen molar-refractivity contribution in [1.29, 1.82) is 0 Å². The Morgan fingerprint density at radius 2 is 1.64 bits per heavy atom. The lowest BCUT2D eigenvalue weighted by Gasteiger charge is -2.49. The molecular weight excluding hydrogens is 646 g/mol. The minimum atomic E-state index is -1.31. The Kier molecular flexibility index (Phi) is 6.69. The molecule has 2 aliphatic carbocycles. The summed E-state index contributed by atoms with van der Waals surface area (Å²) in [6, 6.07) is 15.0. The number of amides is 4. The number of phenolic OH excluding ortho intramolecular Hbond substituents is 1. The number of phenols is 1. The van der Waals surface area contributed by atoms with Crippen molar-refractivity contribution in [3.63, 3.8) is 0 Å². The van der Waals surface area contributed by atoms with Crippen LogP contribution in [0.15, 0.2) is 84.1 Å². The number of anilines is 2. The molecule has 238 valence electrons. The molecule has 3 fully saturated rings. The summed E-state index contributed by atoms with van der Waals surface area (Å²) in [7, 11) is 0. The van der Waals surface area contributed by atoms with Crippen molar-refractivity contribution in [3.05, 3.63) is 106 Å². The fourth-order valence-electron chi connectivity index (χ4n) is 8.56. The van der Waals surface area contributed by atoms with Crippen molar-refractivity contribution in [3.8, 4) is 11.5 Å². The second kappa shape index (κ2) is 10.5. The first-order chi connectivity index (χ1) is 22.5. The lowest BCUT2D eigenvalue weighted by molar-refractivity contribution is -0.132. The van der Waals surface area contributed by atoms with E-state index in [9.17, 15) is 28.7 Å². The Hall–Kier alpha value is -4.47. The van der Waals surface area contributed by atoms with Crippen LogP contribution in [0.5, 0.6) is 11.5 Å². The third-order valence-electron chi connectivity index (χ3n) is 10.7. The van der Waals surface area contributed by atoms with Gasteiger partial charge >= 0.3 is 0 Å². The predicted octanol–water partition coefficient (Wildman–Crippen LogP) is 6.62. The van der Waals surface area contributed by atoms with E-state index in [4.69, 9.17) is 27.9 Å². The van der Waals surface area contributed by atoms with Gasteiger partial charge in [0.2, 0.25) is 23.6 Å². The van der Waals surface area contributed by atoms with Gasteiger partial charge in [-0.15, -0.1) is 0 Å². The monoisotopic (exact) mass is 672 g/mol. The molecule has 3 aromatic carbocycles. The van der Waals surface area contributed by atoms with Crippen molar-refractivity contribution in [1.82, 2.24) is 0 Å². The van der Waals surface area contributed by atoms with Crippen LogP contribution in [0.3, 0.4) is 0 Å². The Balaban J connectivity index is 1.25. The van der Waals surface area contributed by atoms with Gasteiger partial charge in [-0.3, -0.25) is 24.1 Å². The molecule has 8 nitrogen and oxygen atoms in total. The first kappa shape index (κ1) is 29.9. The number of hydrogen-bond donors (Lipinski definition) is 1. The zero-order chi connectivity index (χ0) is 32.9. The summed E-state index contributed by atoms with van der Waals surface area (Å²) >= 11 is 12.2.